The zero-order valence-electron chi connectivity index (χ0n) is 20.0. The van der Waals surface area contributed by atoms with Gasteiger partial charge in [-0.25, -0.2) is 0 Å². The Balaban J connectivity index is 1.87. The highest BCUT2D eigenvalue weighted by Gasteiger charge is 2.78. The molecule has 8 heteroatoms. The minimum Gasteiger partial charge on any atom is -0.396 e. The second kappa shape index (κ2) is 10.5. The number of aliphatic hydroxyl groups excluding tert-OH is 1. The minimum absolute atomic E-state index is 0.121. The lowest BCUT2D eigenvalue weighted by Gasteiger charge is -2.33. The molecular formula is C24H41N3O5. The Morgan fingerprint density at radius 2 is 1.84 bits per heavy atom. The SMILES string of the molecule is CCCCCNC(=O)C1N(CCCCCCO)C(=O)[C@@H]2[C@H](C(=O)NC)[C@]3(CC)CCC12O3. The molecule has 3 amide bonds. The predicted molar refractivity (Wildman–Crippen MR) is 121 cm³/mol. The molecule has 5 atom stereocenters. The van der Waals surface area contributed by atoms with E-state index < -0.39 is 29.1 Å². The quantitative estimate of drug-likeness (QED) is 0.370. The lowest BCUT2D eigenvalue weighted by atomic mass is 9.65. The topological polar surface area (TPSA) is 108 Å². The molecule has 3 rings (SSSR count). The molecule has 0 aromatic carbocycles. The molecule has 0 aromatic heterocycles. The summed E-state index contributed by atoms with van der Waals surface area (Å²) < 4.78 is 6.65. The Morgan fingerprint density at radius 3 is 2.50 bits per heavy atom. The van der Waals surface area contributed by atoms with E-state index in [0.717, 1.165) is 44.9 Å². The van der Waals surface area contributed by atoms with Gasteiger partial charge >= 0.3 is 0 Å². The highest BCUT2D eigenvalue weighted by Crippen LogP contribution is 2.64. The van der Waals surface area contributed by atoms with Crippen molar-refractivity contribution in [1.29, 1.82) is 0 Å². The van der Waals surface area contributed by atoms with Gasteiger partial charge in [0.05, 0.1) is 17.4 Å². The van der Waals surface area contributed by atoms with Crippen molar-refractivity contribution in [2.75, 3.05) is 26.7 Å². The highest BCUT2D eigenvalue weighted by molar-refractivity contribution is 5.99. The fourth-order valence-corrected chi connectivity index (χ4v) is 6.24. The lowest BCUT2D eigenvalue weighted by Crippen LogP contribution is -2.55. The number of amides is 3. The number of ether oxygens (including phenoxy) is 1. The minimum atomic E-state index is -0.926. The molecule has 3 heterocycles. The van der Waals surface area contributed by atoms with E-state index in [9.17, 15) is 14.4 Å². The summed E-state index contributed by atoms with van der Waals surface area (Å²) in [7, 11) is 1.60. The third-order valence-electron chi connectivity index (χ3n) is 7.84. The molecule has 0 aromatic rings. The Morgan fingerprint density at radius 1 is 1.09 bits per heavy atom. The molecule has 3 aliphatic rings. The first kappa shape index (κ1) is 25.0. The van der Waals surface area contributed by atoms with E-state index in [1.807, 2.05) is 6.92 Å². The van der Waals surface area contributed by atoms with Gasteiger partial charge in [0, 0.05) is 26.7 Å². The zero-order valence-corrected chi connectivity index (χ0v) is 20.0. The average Bonchev–Trinajstić information content (AvgIpc) is 3.40. The van der Waals surface area contributed by atoms with Gasteiger partial charge in [0.2, 0.25) is 17.7 Å². The molecule has 0 radical (unpaired) electrons. The molecule has 32 heavy (non-hydrogen) atoms. The van der Waals surface area contributed by atoms with E-state index >= 15 is 0 Å². The first-order valence-corrected chi connectivity index (χ1v) is 12.5. The summed E-state index contributed by atoms with van der Waals surface area (Å²) >= 11 is 0. The van der Waals surface area contributed by atoms with Gasteiger partial charge in [-0.1, -0.05) is 39.5 Å². The maximum absolute atomic E-state index is 13.7. The predicted octanol–water partition coefficient (Wildman–Crippen LogP) is 1.75. The van der Waals surface area contributed by atoms with Gasteiger partial charge in [-0.05, 0) is 38.5 Å². The normalized spacial score (nSPS) is 32.9. The molecule has 1 spiro atoms. The van der Waals surface area contributed by atoms with Crippen molar-refractivity contribution in [2.24, 2.45) is 11.8 Å². The first-order chi connectivity index (χ1) is 15.4. The summed E-state index contributed by atoms with van der Waals surface area (Å²) in [4.78, 5) is 41.8. The first-order valence-electron chi connectivity index (χ1n) is 12.5. The molecule has 3 saturated heterocycles. The number of fused-ring (bicyclic) bond motifs is 1. The third-order valence-corrected chi connectivity index (χ3v) is 7.84. The third kappa shape index (κ3) is 4.16. The van der Waals surface area contributed by atoms with Gasteiger partial charge in [-0.15, -0.1) is 0 Å². The fourth-order valence-electron chi connectivity index (χ4n) is 6.24. The highest BCUT2D eigenvalue weighted by atomic mass is 16.5. The van der Waals surface area contributed by atoms with Crippen LogP contribution in [-0.4, -0.2) is 71.7 Å². The standard InChI is InChI=1S/C24H41N3O5/c1-4-6-9-14-26-21(30)19-24-13-12-23(5-2,32-24)17(20(29)25-3)18(24)22(31)27(19)15-10-7-8-11-16-28/h17-19,28H,4-16H2,1-3H3,(H,25,29)(H,26,30)/t17-,18+,19?,23+,24?/m1/s1. The van der Waals surface area contributed by atoms with Crippen LogP contribution < -0.4 is 10.6 Å². The van der Waals surface area contributed by atoms with Gasteiger partial charge in [0.15, 0.2) is 0 Å². The summed E-state index contributed by atoms with van der Waals surface area (Å²) in [5, 5.41) is 14.8. The zero-order chi connectivity index (χ0) is 23.4. The summed E-state index contributed by atoms with van der Waals surface area (Å²) in [6.07, 6.45) is 8.24. The van der Waals surface area contributed by atoms with Crippen molar-refractivity contribution in [3.05, 3.63) is 0 Å². The van der Waals surface area contributed by atoms with Crippen molar-refractivity contribution in [3.63, 3.8) is 0 Å². The summed E-state index contributed by atoms with van der Waals surface area (Å²) in [6.45, 7) is 5.34. The Labute approximate surface area is 191 Å². The van der Waals surface area contributed by atoms with Crippen LogP contribution in [0.3, 0.4) is 0 Å². The van der Waals surface area contributed by atoms with E-state index in [2.05, 4.69) is 17.6 Å². The van der Waals surface area contributed by atoms with Crippen LogP contribution >= 0.6 is 0 Å². The van der Waals surface area contributed by atoms with Crippen molar-refractivity contribution in [1.82, 2.24) is 15.5 Å². The van der Waals surface area contributed by atoms with Gasteiger partial charge in [-0.3, -0.25) is 14.4 Å². The largest absolute Gasteiger partial charge is 0.396 e. The van der Waals surface area contributed by atoms with Crippen LogP contribution in [0.5, 0.6) is 0 Å². The number of carbonyl (C=O) groups is 3. The molecule has 0 aliphatic carbocycles. The van der Waals surface area contributed by atoms with E-state index in [-0.39, 0.29) is 24.3 Å². The van der Waals surface area contributed by atoms with E-state index in [1.54, 1.807) is 11.9 Å². The number of nitrogens with zero attached hydrogens (tertiary/aromatic N) is 1. The van der Waals surface area contributed by atoms with Crippen LogP contribution in [0.25, 0.3) is 0 Å². The molecule has 3 fully saturated rings. The van der Waals surface area contributed by atoms with Crippen LogP contribution in [0.15, 0.2) is 0 Å². The Kier molecular flexibility index (Phi) is 8.20. The number of unbranched alkanes of at least 4 members (excludes halogenated alkanes) is 5. The molecule has 0 saturated carbocycles. The van der Waals surface area contributed by atoms with Gasteiger partial charge < -0.3 is 25.4 Å². The van der Waals surface area contributed by atoms with Crippen LogP contribution in [0.1, 0.15) is 78.1 Å². The number of hydrogen-bond donors (Lipinski definition) is 3. The molecule has 2 bridgehead atoms. The van der Waals surface area contributed by atoms with Crippen LogP contribution in [0.4, 0.5) is 0 Å². The molecule has 182 valence electrons. The van der Waals surface area contributed by atoms with Crippen LogP contribution in [0, 0.1) is 11.8 Å². The maximum Gasteiger partial charge on any atom is 0.245 e. The number of nitrogens with one attached hydrogen (secondary N) is 2. The smallest absolute Gasteiger partial charge is 0.245 e. The number of hydrogen-bond acceptors (Lipinski definition) is 5. The second-order valence-electron chi connectivity index (χ2n) is 9.62. The summed E-state index contributed by atoms with van der Waals surface area (Å²) in [5.74, 6) is -1.62. The van der Waals surface area contributed by atoms with E-state index in [4.69, 9.17) is 9.84 Å². The van der Waals surface area contributed by atoms with Gasteiger partial charge in [0.25, 0.3) is 0 Å². The number of likely N-dealkylation sites (tertiary alicyclic amines) is 1. The maximum atomic E-state index is 13.7. The number of rotatable bonds is 13. The van der Waals surface area contributed by atoms with Crippen molar-refractivity contribution in [3.8, 4) is 0 Å². The van der Waals surface area contributed by atoms with Crippen LogP contribution in [0.2, 0.25) is 0 Å². The molecule has 2 unspecified atom stereocenters. The Hall–Kier alpha value is -1.67. The van der Waals surface area contributed by atoms with Crippen molar-refractivity contribution < 1.29 is 24.2 Å². The molecular weight excluding hydrogens is 410 g/mol. The van der Waals surface area contributed by atoms with Crippen molar-refractivity contribution >= 4 is 17.7 Å². The number of carbonyl (C=O) groups excluding carboxylic acids is 3. The molecule has 8 nitrogen and oxygen atoms in total. The van der Waals surface area contributed by atoms with Gasteiger partial charge in [-0.2, -0.15) is 0 Å². The average molecular weight is 452 g/mol. The van der Waals surface area contributed by atoms with E-state index in [1.165, 1.54) is 0 Å². The number of aliphatic hydroxyl groups is 1. The summed E-state index contributed by atoms with van der Waals surface area (Å²) in [6, 6.07) is -0.692. The molecule has 3 aliphatic heterocycles. The second-order valence-corrected chi connectivity index (χ2v) is 9.62. The summed E-state index contributed by atoms with van der Waals surface area (Å²) in [5.41, 5.74) is -1.60. The van der Waals surface area contributed by atoms with Crippen molar-refractivity contribution in [2.45, 2.75) is 95.3 Å². The van der Waals surface area contributed by atoms with Crippen LogP contribution in [-0.2, 0) is 19.1 Å². The Bertz CT molecular complexity index is 701. The van der Waals surface area contributed by atoms with E-state index in [0.29, 0.717) is 32.4 Å². The van der Waals surface area contributed by atoms with Gasteiger partial charge in [0.1, 0.15) is 11.6 Å². The lowest BCUT2D eigenvalue weighted by molar-refractivity contribution is -0.147. The molecule has 3 N–H and O–H groups in total. The fraction of sp³-hybridized carbons (Fsp3) is 0.875. The monoisotopic (exact) mass is 451 g/mol.